The number of rotatable bonds is 4. The topological polar surface area (TPSA) is 89.3 Å². The molecule has 4 rings (SSSR count). The standard InChI is InChI=1S/C19H18N6OS/c1-11-8-9-12(2)16(10-11)25-19(22-23-24-25)27-13(3)17-20-15-7-5-4-6-14(15)18(26)21-17/h4-10,13H,1-3H3,(H,20,21,26)/t13-/m0/s1. The van der Waals surface area contributed by atoms with E-state index in [-0.39, 0.29) is 10.8 Å². The minimum Gasteiger partial charge on any atom is -0.309 e. The Bertz CT molecular complexity index is 1180. The number of fused-ring (bicyclic) bond motifs is 1. The number of tetrazole rings is 1. The van der Waals surface area contributed by atoms with Gasteiger partial charge in [-0.3, -0.25) is 4.79 Å². The van der Waals surface area contributed by atoms with Crippen molar-refractivity contribution in [2.75, 3.05) is 0 Å². The molecule has 8 heteroatoms. The maximum atomic E-state index is 12.3. The van der Waals surface area contributed by atoms with Crippen molar-refractivity contribution in [2.45, 2.75) is 31.2 Å². The lowest BCUT2D eigenvalue weighted by atomic mass is 10.1. The van der Waals surface area contributed by atoms with Crippen LogP contribution in [0.25, 0.3) is 16.6 Å². The summed E-state index contributed by atoms with van der Waals surface area (Å²) in [5, 5.41) is 13.2. The van der Waals surface area contributed by atoms with E-state index in [0.717, 1.165) is 16.8 Å². The SMILES string of the molecule is Cc1ccc(C)c(-n2nnnc2S[C@@H](C)c2nc3ccccc3c(=O)[nH]2)c1. The summed E-state index contributed by atoms with van der Waals surface area (Å²) in [4.78, 5) is 19.8. The zero-order valence-corrected chi connectivity index (χ0v) is 16.0. The van der Waals surface area contributed by atoms with Crippen molar-refractivity contribution in [3.05, 3.63) is 69.8 Å². The molecule has 7 nitrogen and oxygen atoms in total. The lowest BCUT2D eigenvalue weighted by molar-refractivity contribution is 0.749. The summed E-state index contributed by atoms with van der Waals surface area (Å²) in [5.74, 6) is 0.596. The van der Waals surface area contributed by atoms with Crippen molar-refractivity contribution in [3.63, 3.8) is 0 Å². The number of aromatic nitrogens is 6. The second-order valence-corrected chi connectivity index (χ2v) is 7.70. The Morgan fingerprint density at radius 1 is 1.15 bits per heavy atom. The van der Waals surface area contributed by atoms with Crippen molar-refractivity contribution in [1.29, 1.82) is 0 Å². The van der Waals surface area contributed by atoms with Crippen molar-refractivity contribution < 1.29 is 0 Å². The molecule has 0 aliphatic carbocycles. The number of H-pyrrole nitrogens is 1. The number of hydrogen-bond donors (Lipinski definition) is 1. The van der Waals surface area contributed by atoms with E-state index >= 15 is 0 Å². The first-order valence-corrected chi connectivity index (χ1v) is 9.42. The van der Waals surface area contributed by atoms with Crippen LogP contribution in [-0.2, 0) is 0 Å². The molecule has 4 aromatic rings. The summed E-state index contributed by atoms with van der Waals surface area (Å²) in [5.41, 5.74) is 3.69. The van der Waals surface area contributed by atoms with E-state index in [9.17, 15) is 4.79 Å². The Hall–Kier alpha value is -3.00. The number of benzene rings is 2. The number of nitrogens with zero attached hydrogens (tertiary/aromatic N) is 5. The Kier molecular flexibility index (Phi) is 4.49. The van der Waals surface area contributed by atoms with Crippen LogP contribution in [-0.4, -0.2) is 30.2 Å². The zero-order chi connectivity index (χ0) is 19.0. The first kappa shape index (κ1) is 17.4. The van der Waals surface area contributed by atoms with Crippen LogP contribution in [0.1, 0.15) is 29.1 Å². The van der Waals surface area contributed by atoms with Gasteiger partial charge in [-0.25, -0.2) is 4.98 Å². The molecule has 2 aromatic heterocycles. The van der Waals surface area contributed by atoms with Gasteiger partial charge in [0, 0.05) is 0 Å². The van der Waals surface area contributed by atoms with Gasteiger partial charge in [0.05, 0.1) is 21.8 Å². The van der Waals surface area contributed by atoms with Crippen LogP contribution in [0.2, 0.25) is 0 Å². The molecule has 0 amide bonds. The highest BCUT2D eigenvalue weighted by Crippen LogP contribution is 2.33. The fraction of sp³-hybridized carbons (Fsp3) is 0.211. The molecule has 0 spiro atoms. The lowest BCUT2D eigenvalue weighted by Crippen LogP contribution is -2.13. The minimum atomic E-state index is -0.142. The molecule has 136 valence electrons. The molecule has 1 atom stereocenters. The van der Waals surface area contributed by atoms with E-state index in [1.807, 2.05) is 45.0 Å². The molecule has 0 radical (unpaired) electrons. The van der Waals surface area contributed by atoms with E-state index in [4.69, 9.17) is 0 Å². The molecule has 0 saturated heterocycles. The molecule has 0 fully saturated rings. The maximum absolute atomic E-state index is 12.3. The van der Waals surface area contributed by atoms with Crippen LogP contribution in [0.4, 0.5) is 0 Å². The fourth-order valence-electron chi connectivity index (χ4n) is 2.86. The summed E-state index contributed by atoms with van der Waals surface area (Å²) in [6.45, 7) is 6.03. The Balaban J connectivity index is 1.69. The van der Waals surface area contributed by atoms with Crippen LogP contribution in [0, 0.1) is 13.8 Å². The van der Waals surface area contributed by atoms with Gasteiger partial charge >= 0.3 is 0 Å². The van der Waals surface area contributed by atoms with Crippen LogP contribution in [0.3, 0.4) is 0 Å². The van der Waals surface area contributed by atoms with Crippen molar-refractivity contribution in [1.82, 2.24) is 30.2 Å². The largest absolute Gasteiger partial charge is 0.309 e. The molecule has 0 aliphatic heterocycles. The Morgan fingerprint density at radius 2 is 1.96 bits per heavy atom. The van der Waals surface area contributed by atoms with E-state index in [0.29, 0.717) is 21.9 Å². The van der Waals surface area contributed by atoms with Crippen LogP contribution >= 0.6 is 11.8 Å². The average Bonchev–Trinajstić information content (AvgIpc) is 3.11. The van der Waals surface area contributed by atoms with Gasteiger partial charge in [0.25, 0.3) is 5.56 Å². The number of aryl methyl sites for hydroxylation is 2. The molecule has 0 unspecified atom stereocenters. The second kappa shape index (κ2) is 6.96. The zero-order valence-electron chi connectivity index (χ0n) is 15.2. The molecule has 0 saturated carbocycles. The van der Waals surface area contributed by atoms with Crippen LogP contribution in [0.15, 0.2) is 52.4 Å². The van der Waals surface area contributed by atoms with Gasteiger partial charge in [0.2, 0.25) is 5.16 Å². The lowest BCUT2D eigenvalue weighted by Gasteiger charge is -2.12. The second-order valence-electron chi connectivity index (χ2n) is 6.39. The van der Waals surface area contributed by atoms with Gasteiger partial charge in [-0.15, -0.1) is 5.10 Å². The predicted molar refractivity (Wildman–Crippen MR) is 105 cm³/mol. The van der Waals surface area contributed by atoms with Gasteiger partial charge in [-0.05, 0) is 60.5 Å². The van der Waals surface area contributed by atoms with Crippen LogP contribution in [0.5, 0.6) is 0 Å². The fourth-order valence-corrected chi connectivity index (χ4v) is 3.72. The van der Waals surface area contributed by atoms with Crippen LogP contribution < -0.4 is 5.56 Å². The minimum absolute atomic E-state index is 0.128. The van der Waals surface area contributed by atoms with E-state index in [1.165, 1.54) is 11.8 Å². The summed E-state index contributed by atoms with van der Waals surface area (Å²) >= 11 is 1.45. The molecule has 2 heterocycles. The smallest absolute Gasteiger partial charge is 0.258 e. The summed E-state index contributed by atoms with van der Waals surface area (Å²) in [6.07, 6.45) is 0. The molecular formula is C19H18N6OS. The number of hydrogen-bond acceptors (Lipinski definition) is 6. The normalized spacial score (nSPS) is 12.4. The van der Waals surface area contributed by atoms with Gasteiger partial charge in [-0.1, -0.05) is 36.0 Å². The molecule has 2 aromatic carbocycles. The molecule has 27 heavy (non-hydrogen) atoms. The van der Waals surface area contributed by atoms with Crippen molar-refractivity contribution in [2.24, 2.45) is 0 Å². The highest BCUT2D eigenvalue weighted by molar-refractivity contribution is 7.99. The van der Waals surface area contributed by atoms with E-state index < -0.39 is 0 Å². The third-order valence-electron chi connectivity index (χ3n) is 4.33. The highest BCUT2D eigenvalue weighted by Gasteiger charge is 2.18. The molecule has 0 aliphatic rings. The first-order valence-electron chi connectivity index (χ1n) is 8.54. The van der Waals surface area contributed by atoms with Gasteiger partial charge < -0.3 is 4.98 Å². The third kappa shape index (κ3) is 3.35. The quantitative estimate of drug-likeness (QED) is 0.548. The number of para-hydroxylation sites is 1. The first-order chi connectivity index (χ1) is 13.0. The maximum Gasteiger partial charge on any atom is 0.258 e. The summed E-state index contributed by atoms with van der Waals surface area (Å²) in [7, 11) is 0. The average molecular weight is 378 g/mol. The third-order valence-corrected chi connectivity index (χ3v) is 5.37. The summed E-state index contributed by atoms with van der Waals surface area (Å²) < 4.78 is 1.72. The predicted octanol–water partition coefficient (Wildman–Crippen LogP) is 3.37. The Morgan fingerprint density at radius 3 is 2.81 bits per heavy atom. The van der Waals surface area contributed by atoms with Crippen molar-refractivity contribution in [3.8, 4) is 5.69 Å². The van der Waals surface area contributed by atoms with Crippen molar-refractivity contribution >= 4 is 22.7 Å². The van der Waals surface area contributed by atoms with Gasteiger partial charge in [-0.2, -0.15) is 4.68 Å². The van der Waals surface area contributed by atoms with Gasteiger partial charge in [0.1, 0.15) is 5.82 Å². The molecular weight excluding hydrogens is 360 g/mol. The summed E-state index contributed by atoms with van der Waals surface area (Å²) in [6, 6.07) is 13.5. The Labute approximate surface area is 159 Å². The number of nitrogens with one attached hydrogen (secondary N) is 1. The molecule has 1 N–H and O–H groups in total. The number of aromatic amines is 1. The van der Waals surface area contributed by atoms with Gasteiger partial charge in [0.15, 0.2) is 0 Å². The number of thioether (sulfide) groups is 1. The molecule has 0 bridgehead atoms. The van der Waals surface area contributed by atoms with E-state index in [1.54, 1.807) is 10.7 Å². The van der Waals surface area contributed by atoms with E-state index in [2.05, 4.69) is 37.6 Å². The highest BCUT2D eigenvalue weighted by atomic mass is 32.2. The monoisotopic (exact) mass is 378 g/mol.